The van der Waals surface area contributed by atoms with E-state index in [1.807, 2.05) is 26.8 Å². The third-order valence-corrected chi connectivity index (χ3v) is 4.42. The molecule has 0 aliphatic rings. The highest BCUT2D eigenvalue weighted by molar-refractivity contribution is 5.89. The van der Waals surface area contributed by atoms with Crippen LogP contribution in [0.1, 0.15) is 32.4 Å². The van der Waals surface area contributed by atoms with Gasteiger partial charge in [-0.1, -0.05) is 51.1 Å². The lowest BCUT2D eigenvalue weighted by atomic mass is 9.96. The van der Waals surface area contributed by atoms with Gasteiger partial charge in [0, 0.05) is 34.8 Å². The van der Waals surface area contributed by atoms with Crippen molar-refractivity contribution in [1.29, 1.82) is 0 Å². The fourth-order valence-corrected chi connectivity index (χ4v) is 3.24. The highest BCUT2D eigenvalue weighted by Gasteiger charge is 2.39. The fraction of sp³-hybridized carbons (Fsp3) is 0.333. The lowest BCUT2D eigenvalue weighted by molar-refractivity contribution is -0.148. The molecule has 27 heavy (non-hydrogen) atoms. The Labute approximate surface area is 155 Å². The Morgan fingerprint density at radius 2 is 1.67 bits per heavy atom. The van der Waals surface area contributed by atoms with E-state index in [1.54, 1.807) is 34.9 Å². The lowest BCUT2D eigenvalue weighted by Crippen LogP contribution is -2.28. The van der Waals surface area contributed by atoms with Crippen LogP contribution in [-0.4, -0.2) is 10.7 Å². The molecule has 2 aromatic carbocycles. The first-order valence-electron chi connectivity index (χ1n) is 8.67. The quantitative estimate of drug-likeness (QED) is 0.552. The zero-order valence-electron chi connectivity index (χ0n) is 15.4. The smallest absolute Gasteiger partial charge is 0.347 e. The van der Waals surface area contributed by atoms with E-state index in [0.717, 1.165) is 6.07 Å². The van der Waals surface area contributed by atoms with Gasteiger partial charge in [0.25, 0.3) is 0 Å². The summed E-state index contributed by atoms with van der Waals surface area (Å²) in [5, 5.41) is 0.196. The predicted octanol–water partition coefficient (Wildman–Crippen LogP) is 6.06. The normalized spacial score (nSPS) is 13.9. The Balaban J connectivity index is 2.26. The van der Waals surface area contributed by atoms with Crippen molar-refractivity contribution in [2.45, 2.75) is 39.5 Å². The van der Waals surface area contributed by atoms with E-state index in [-0.39, 0.29) is 16.4 Å². The van der Waals surface area contributed by atoms with Crippen molar-refractivity contribution in [2.24, 2.45) is 11.1 Å². The summed E-state index contributed by atoms with van der Waals surface area (Å²) in [5.41, 5.74) is 6.73. The van der Waals surface area contributed by atoms with E-state index in [4.69, 9.17) is 5.73 Å². The molecule has 6 heteroatoms. The molecule has 144 valence electrons. The summed E-state index contributed by atoms with van der Waals surface area (Å²) >= 11 is 0. The minimum Gasteiger partial charge on any atom is -0.347 e. The van der Waals surface area contributed by atoms with Crippen LogP contribution in [0.3, 0.4) is 0 Å². The maximum atomic E-state index is 14.8. The average molecular weight is 378 g/mol. The van der Waals surface area contributed by atoms with Crippen molar-refractivity contribution in [3.05, 3.63) is 60.0 Å². The van der Waals surface area contributed by atoms with Gasteiger partial charge in [-0.15, -0.1) is 0 Å². The number of rotatable bonds is 3. The molecule has 0 saturated heterocycles. The molecule has 0 aliphatic heterocycles. The van der Waals surface area contributed by atoms with Crippen molar-refractivity contribution >= 4 is 10.9 Å². The molecule has 2 nitrogen and oxygen atoms in total. The number of nitrogens with zero attached hydrogens (tertiary/aromatic N) is 1. The molecule has 0 amide bonds. The Bertz CT molecular complexity index is 950. The highest BCUT2D eigenvalue weighted by atomic mass is 19.4. The van der Waals surface area contributed by atoms with Gasteiger partial charge in [-0.2, -0.15) is 13.2 Å². The molecule has 0 radical (unpaired) electrons. The molecular formula is C21H22F4N2. The van der Waals surface area contributed by atoms with Crippen molar-refractivity contribution in [1.82, 2.24) is 4.57 Å². The summed E-state index contributed by atoms with van der Waals surface area (Å²) in [7, 11) is 0. The number of fused-ring (bicyclic) bond motifs is 1. The van der Waals surface area contributed by atoms with Gasteiger partial charge >= 0.3 is 6.18 Å². The monoisotopic (exact) mass is 378 g/mol. The van der Waals surface area contributed by atoms with E-state index in [1.165, 1.54) is 6.20 Å². The first kappa shape index (κ1) is 19.4. The molecule has 0 saturated carbocycles. The van der Waals surface area contributed by atoms with Crippen molar-refractivity contribution in [3.63, 3.8) is 0 Å². The zero-order valence-corrected chi connectivity index (χ0v) is 15.4. The molecule has 0 spiro atoms. The summed E-state index contributed by atoms with van der Waals surface area (Å²) < 4.78 is 56.2. The minimum atomic E-state index is -4.60. The molecule has 1 heterocycles. The average Bonchev–Trinajstić information content (AvgIpc) is 2.89. The van der Waals surface area contributed by atoms with Crippen molar-refractivity contribution in [2.75, 3.05) is 0 Å². The predicted molar refractivity (Wildman–Crippen MR) is 99.8 cm³/mol. The first-order chi connectivity index (χ1) is 12.5. The summed E-state index contributed by atoms with van der Waals surface area (Å²) in [6.45, 7) is 6.45. The van der Waals surface area contributed by atoms with E-state index in [2.05, 4.69) is 0 Å². The molecule has 1 atom stereocenters. The molecule has 0 unspecified atom stereocenters. The summed E-state index contributed by atoms with van der Waals surface area (Å²) in [4.78, 5) is 0. The molecule has 1 aromatic heterocycles. The Hall–Kier alpha value is -2.34. The second-order valence-electron chi connectivity index (χ2n) is 8.01. The number of hydrogen-bond acceptors (Lipinski definition) is 1. The molecule has 0 aliphatic carbocycles. The molecule has 0 bridgehead atoms. The first-order valence-corrected chi connectivity index (χ1v) is 8.67. The van der Waals surface area contributed by atoms with Crippen LogP contribution in [0.15, 0.2) is 48.7 Å². The molecule has 3 aromatic rings. The van der Waals surface area contributed by atoms with Gasteiger partial charge in [0.15, 0.2) is 0 Å². The molecule has 0 fully saturated rings. The Morgan fingerprint density at radius 3 is 2.22 bits per heavy atom. The van der Waals surface area contributed by atoms with Crippen LogP contribution in [0.2, 0.25) is 0 Å². The van der Waals surface area contributed by atoms with Crippen LogP contribution in [0.4, 0.5) is 17.6 Å². The van der Waals surface area contributed by atoms with Gasteiger partial charge < -0.3 is 10.3 Å². The lowest BCUT2D eigenvalue weighted by Gasteiger charge is -2.20. The topological polar surface area (TPSA) is 30.9 Å². The zero-order chi connectivity index (χ0) is 20.0. The van der Waals surface area contributed by atoms with Crippen molar-refractivity contribution in [3.8, 4) is 11.1 Å². The van der Waals surface area contributed by atoms with E-state index in [9.17, 15) is 17.6 Å². The highest BCUT2D eigenvalue weighted by Crippen LogP contribution is 2.38. The van der Waals surface area contributed by atoms with Crippen LogP contribution in [0, 0.1) is 11.2 Å². The third kappa shape index (κ3) is 4.00. The van der Waals surface area contributed by atoms with Gasteiger partial charge in [-0.3, -0.25) is 0 Å². The summed E-state index contributed by atoms with van der Waals surface area (Å²) in [5.74, 6) is -0.571. The number of hydrogen-bond donors (Lipinski definition) is 1. The molecule has 2 N–H and O–H groups in total. The molecular weight excluding hydrogens is 356 g/mol. The second-order valence-corrected chi connectivity index (χ2v) is 8.01. The minimum absolute atomic E-state index is 0.111. The van der Waals surface area contributed by atoms with Gasteiger partial charge in [-0.25, -0.2) is 4.39 Å². The number of halogens is 4. The maximum Gasteiger partial charge on any atom is 0.407 e. The fourth-order valence-electron chi connectivity index (χ4n) is 3.24. The van der Waals surface area contributed by atoms with Crippen LogP contribution >= 0.6 is 0 Å². The summed E-state index contributed by atoms with van der Waals surface area (Å²) in [6.07, 6.45) is -3.20. The van der Waals surface area contributed by atoms with E-state index in [0.29, 0.717) is 23.2 Å². The summed E-state index contributed by atoms with van der Waals surface area (Å²) in [6, 6.07) is 9.55. The van der Waals surface area contributed by atoms with Crippen LogP contribution in [0.25, 0.3) is 22.0 Å². The van der Waals surface area contributed by atoms with Gasteiger partial charge in [0.1, 0.15) is 11.9 Å². The van der Waals surface area contributed by atoms with Crippen molar-refractivity contribution < 1.29 is 17.6 Å². The largest absolute Gasteiger partial charge is 0.407 e. The number of aromatic nitrogens is 1. The van der Waals surface area contributed by atoms with E-state index < -0.39 is 18.0 Å². The SMILES string of the molecule is CC(C)(C)Cn1cc([C@H](N)C(F)(F)F)c2cc(F)c(-c3ccccc3)cc21. The molecule has 3 rings (SSSR count). The number of nitrogens with two attached hydrogens (primary N) is 1. The second kappa shape index (κ2) is 6.68. The third-order valence-electron chi connectivity index (χ3n) is 4.42. The van der Waals surface area contributed by atoms with Gasteiger partial charge in [0.05, 0.1) is 0 Å². The van der Waals surface area contributed by atoms with Gasteiger partial charge in [0.2, 0.25) is 0 Å². The van der Waals surface area contributed by atoms with Crippen LogP contribution in [-0.2, 0) is 6.54 Å². The Kier molecular flexibility index (Phi) is 4.80. The number of alkyl halides is 3. The Morgan fingerprint density at radius 1 is 1.04 bits per heavy atom. The van der Waals surface area contributed by atoms with Crippen LogP contribution < -0.4 is 5.73 Å². The van der Waals surface area contributed by atoms with Gasteiger partial charge in [-0.05, 0) is 23.1 Å². The number of benzene rings is 2. The standard InChI is InChI=1S/C21H22F4N2/c1-20(2,3)12-27-11-16(19(26)21(23,24)25)15-9-17(22)14(10-18(15)27)13-7-5-4-6-8-13/h4-11,19H,12,26H2,1-3H3/t19-/m0/s1. The van der Waals surface area contributed by atoms with Crippen LogP contribution in [0.5, 0.6) is 0 Å². The maximum absolute atomic E-state index is 14.8. The van der Waals surface area contributed by atoms with E-state index >= 15 is 0 Å².